The van der Waals surface area contributed by atoms with Crippen LogP contribution in [-0.4, -0.2) is 32.1 Å². The highest BCUT2D eigenvalue weighted by Crippen LogP contribution is 2.44. The summed E-state index contributed by atoms with van der Waals surface area (Å²) in [5, 5.41) is 0. The zero-order valence-electron chi connectivity index (χ0n) is 10.8. The van der Waals surface area contributed by atoms with Crippen LogP contribution in [0.1, 0.15) is 45.4 Å². The van der Waals surface area contributed by atoms with Gasteiger partial charge >= 0.3 is 5.97 Å². The molecule has 0 amide bonds. The molecule has 0 aromatic heterocycles. The molecule has 0 unspecified atom stereocenters. The van der Waals surface area contributed by atoms with Gasteiger partial charge in [0.1, 0.15) is 0 Å². The van der Waals surface area contributed by atoms with Gasteiger partial charge in [0.25, 0.3) is 0 Å². The third kappa shape index (κ3) is 2.63. The van der Waals surface area contributed by atoms with Crippen LogP contribution in [0.5, 0.6) is 0 Å². The predicted octanol–water partition coefficient (Wildman–Crippen LogP) is 2.26. The Kier molecular flexibility index (Phi) is 3.73. The molecule has 0 atom stereocenters. The summed E-state index contributed by atoms with van der Waals surface area (Å²) >= 11 is 0. The predicted molar refractivity (Wildman–Crippen MR) is 62.5 cm³/mol. The maximum absolute atomic E-state index is 11.9. The second-order valence-electron chi connectivity index (χ2n) is 5.31. The van der Waals surface area contributed by atoms with E-state index in [1.165, 1.54) is 7.11 Å². The van der Waals surface area contributed by atoms with Crippen LogP contribution in [0.4, 0.5) is 0 Å². The summed E-state index contributed by atoms with van der Waals surface area (Å²) in [6.07, 6.45) is 5.69. The Morgan fingerprint density at radius 3 is 2.29 bits per heavy atom. The number of esters is 1. The van der Waals surface area contributed by atoms with E-state index in [2.05, 4.69) is 0 Å². The summed E-state index contributed by atoms with van der Waals surface area (Å²) in [6.45, 7) is 3.27. The highest BCUT2D eigenvalue weighted by atomic mass is 16.7. The van der Waals surface area contributed by atoms with Crippen LogP contribution < -0.4 is 0 Å². The van der Waals surface area contributed by atoms with Crippen LogP contribution in [0.15, 0.2) is 0 Å². The van der Waals surface area contributed by atoms with E-state index in [4.69, 9.17) is 14.2 Å². The van der Waals surface area contributed by atoms with Gasteiger partial charge in [-0.1, -0.05) is 12.8 Å². The zero-order chi connectivity index (χ0) is 12.4. The number of hydrogen-bond acceptors (Lipinski definition) is 4. The molecule has 2 fully saturated rings. The maximum Gasteiger partial charge on any atom is 0.311 e. The SMILES string of the molecule is COC(=O)C1(CCC2(C)OCCO2)CCCC1. The van der Waals surface area contributed by atoms with Crippen LogP contribution in [-0.2, 0) is 19.0 Å². The first kappa shape index (κ1) is 12.8. The molecule has 0 aromatic rings. The normalized spacial score (nSPS) is 26.0. The summed E-state index contributed by atoms with van der Waals surface area (Å²) in [5.74, 6) is -0.555. The van der Waals surface area contributed by atoms with Gasteiger partial charge in [-0.15, -0.1) is 0 Å². The molecular weight excluding hydrogens is 220 g/mol. The van der Waals surface area contributed by atoms with Gasteiger partial charge in [-0.2, -0.15) is 0 Å². The van der Waals surface area contributed by atoms with Crippen molar-refractivity contribution in [3.8, 4) is 0 Å². The fraction of sp³-hybridized carbons (Fsp3) is 0.923. The average Bonchev–Trinajstić information content (AvgIpc) is 2.96. The fourth-order valence-corrected chi connectivity index (χ4v) is 2.99. The molecule has 1 aliphatic carbocycles. The van der Waals surface area contributed by atoms with E-state index in [1.807, 2.05) is 6.92 Å². The van der Waals surface area contributed by atoms with Crippen LogP contribution in [0.3, 0.4) is 0 Å². The van der Waals surface area contributed by atoms with Gasteiger partial charge < -0.3 is 14.2 Å². The molecule has 0 spiro atoms. The Morgan fingerprint density at radius 2 is 1.76 bits per heavy atom. The van der Waals surface area contributed by atoms with E-state index in [-0.39, 0.29) is 11.4 Å². The molecule has 2 aliphatic rings. The van der Waals surface area contributed by atoms with Crippen molar-refractivity contribution in [2.75, 3.05) is 20.3 Å². The molecule has 1 saturated carbocycles. The van der Waals surface area contributed by atoms with E-state index in [0.717, 1.165) is 38.5 Å². The highest BCUT2D eigenvalue weighted by Gasteiger charge is 2.44. The zero-order valence-corrected chi connectivity index (χ0v) is 10.8. The molecule has 17 heavy (non-hydrogen) atoms. The maximum atomic E-state index is 11.9. The van der Waals surface area contributed by atoms with Crippen molar-refractivity contribution in [2.45, 2.75) is 51.2 Å². The monoisotopic (exact) mass is 242 g/mol. The first-order chi connectivity index (χ1) is 8.10. The minimum atomic E-state index is -0.496. The van der Waals surface area contributed by atoms with Gasteiger partial charge in [-0.3, -0.25) is 4.79 Å². The van der Waals surface area contributed by atoms with E-state index < -0.39 is 5.79 Å². The largest absolute Gasteiger partial charge is 0.469 e. The molecule has 4 heteroatoms. The Bertz CT molecular complexity index is 275. The van der Waals surface area contributed by atoms with Crippen molar-refractivity contribution in [1.29, 1.82) is 0 Å². The van der Waals surface area contributed by atoms with E-state index in [0.29, 0.717) is 13.2 Å². The Hall–Kier alpha value is -0.610. The van der Waals surface area contributed by atoms with E-state index in [9.17, 15) is 4.79 Å². The van der Waals surface area contributed by atoms with Gasteiger partial charge in [0.05, 0.1) is 25.7 Å². The smallest absolute Gasteiger partial charge is 0.311 e. The standard InChI is InChI=1S/C13H22O4/c1-12(16-9-10-17-12)7-8-13(11(14)15-2)5-3-4-6-13/h3-10H2,1-2H3. The lowest BCUT2D eigenvalue weighted by molar-refractivity contribution is -0.163. The first-order valence-corrected chi connectivity index (χ1v) is 6.47. The van der Waals surface area contributed by atoms with Crippen molar-refractivity contribution in [3.63, 3.8) is 0 Å². The number of ether oxygens (including phenoxy) is 3. The van der Waals surface area contributed by atoms with Gasteiger partial charge in [0.15, 0.2) is 5.79 Å². The number of carbonyl (C=O) groups is 1. The fourth-order valence-electron chi connectivity index (χ4n) is 2.99. The summed E-state index contributed by atoms with van der Waals surface area (Å²) < 4.78 is 16.1. The van der Waals surface area contributed by atoms with E-state index >= 15 is 0 Å². The van der Waals surface area contributed by atoms with Gasteiger partial charge in [-0.05, 0) is 26.2 Å². The second-order valence-corrected chi connectivity index (χ2v) is 5.31. The van der Waals surface area contributed by atoms with Crippen LogP contribution in [0.25, 0.3) is 0 Å². The number of hydrogen-bond donors (Lipinski definition) is 0. The van der Waals surface area contributed by atoms with Crippen LogP contribution in [0, 0.1) is 5.41 Å². The highest BCUT2D eigenvalue weighted by molar-refractivity contribution is 5.77. The van der Waals surface area contributed by atoms with Gasteiger partial charge in [0, 0.05) is 6.42 Å². The van der Waals surface area contributed by atoms with Crippen LogP contribution in [0.2, 0.25) is 0 Å². The lowest BCUT2D eigenvalue weighted by Gasteiger charge is -2.30. The molecule has 1 heterocycles. The summed E-state index contributed by atoms with van der Waals surface area (Å²) in [6, 6.07) is 0. The van der Waals surface area contributed by atoms with Crippen molar-refractivity contribution < 1.29 is 19.0 Å². The van der Waals surface area contributed by atoms with Crippen molar-refractivity contribution >= 4 is 5.97 Å². The molecule has 2 rings (SSSR count). The quantitative estimate of drug-likeness (QED) is 0.709. The molecule has 1 saturated heterocycles. The Morgan fingerprint density at radius 1 is 1.18 bits per heavy atom. The van der Waals surface area contributed by atoms with Gasteiger partial charge in [-0.25, -0.2) is 0 Å². The molecule has 0 bridgehead atoms. The first-order valence-electron chi connectivity index (χ1n) is 6.47. The minimum absolute atomic E-state index is 0.0587. The minimum Gasteiger partial charge on any atom is -0.469 e. The van der Waals surface area contributed by atoms with Crippen molar-refractivity contribution in [3.05, 3.63) is 0 Å². The van der Waals surface area contributed by atoms with Crippen molar-refractivity contribution in [1.82, 2.24) is 0 Å². The summed E-state index contributed by atoms with van der Waals surface area (Å²) in [5.41, 5.74) is -0.285. The molecule has 4 nitrogen and oxygen atoms in total. The topological polar surface area (TPSA) is 44.8 Å². The lowest BCUT2D eigenvalue weighted by atomic mass is 9.80. The number of methoxy groups -OCH3 is 1. The molecule has 0 radical (unpaired) electrons. The summed E-state index contributed by atoms with van der Waals surface area (Å²) in [4.78, 5) is 11.9. The van der Waals surface area contributed by atoms with E-state index in [1.54, 1.807) is 0 Å². The Labute approximate surface area is 103 Å². The van der Waals surface area contributed by atoms with Crippen molar-refractivity contribution in [2.24, 2.45) is 5.41 Å². The number of carbonyl (C=O) groups excluding carboxylic acids is 1. The molecule has 0 N–H and O–H groups in total. The summed E-state index contributed by atoms with van der Waals surface area (Å²) in [7, 11) is 1.48. The average molecular weight is 242 g/mol. The number of rotatable bonds is 4. The lowest BCUT2D eigenvalue weighted by Crippen LogP contribution is -2.34. The third-order valence-electron chi connectivity index (χ3n) is 4.13. The van der Waals surface area contributed by atoms with Gasteiger partial charge in [0.2, 0.25) is 0 Å². The molecular formula is C13H22O4. The third-order valence-corrected chi connectivity index (χ3v) is 4.13. The molecule has 98 valence electrons. The second kappa shape index (κ2) is 4.94. The Balaban J connectivity index is 1.96. The van der Waals surface area contributed by atoms with Crippen LogP contribution >= 0.6 is 0 Å². The molecule has 0 aromatic carbocycles. The molecule has 1 aliphatic heterocycles.